The van der Waals surface area contributed by atoms with Crippen molar-refractivity contribution < 1.29 is 14.3 Å². The molecular formula is C26H22Br2N4O5. The number of hydrogen-bond donors (Lipinski definition) is 2. The minimum Gasteiger partial charge on any atom is -0.490 e. The number of aromatic amines is 1. The first-order valence-corrected chi connectivity index (χ1v) is 12.8. The third kappa shape index (κ3) is 5.83. The lowest BCUT2D eigenvalue weighted by Crippen LogP contribution is -2.32. The summed E-state index contributed by atoms with van der Waals surface area (Å²) in [6.07, 6.45) is 1.36. The number of halogens is 2. The van der Waals surface area contributed by atoms with Crippen LogP contribution in [0.5, 0.6) is 11.5 Å². The van der Waals surface area contributed by atoms with Crippen LogP contribution in [-0.2, 0) is 4.79 Å². The molecule has 4 aromatic rings. The zero-order valence-electron chi connectivity index (χ0n) is 19.9. The fraction of sp³-hybridized carbons (Fsp3) is 0.154. The molecule has 0 spiro atoms. The first kappa shape index (κ1) is 26.4. The van der Waals surface area contributed by atoms with Crippen LogP contribution in [0, 0.1) is 6.92 Å². The van der Waals surface area contributed by atoms with Gasteiger partial charge in [-0.3, -0.25) is 9.59 Å². The summed E-state index contributed by atoms with van der Waals surface area (Å²) in [5.74, 6) is 0.328. The number of carbonyl (C=O) groups is 1. The van der Waals surface area contributed by atoms with Gasteiger partial charge in [-0.2, -0.15) is 5.10 Å². The molecule has 190 valence electrons. The van der Waals surface area contributed by atoms with E-state index in [4.69, 9.17) is 9.47 Å². The molecule has 9 nitrogen and oxygen atoms in total. The van der Waals surface area contributed by atoms with Gasteiger partial charge in [0.1, 0.15) is 0 Å². The highest BCUT2D eigenvalue weighted by Gasteiger charge is 2.18. The Kier molecular flexibility index (Phi) is 8.24. The lowest BCUT2D eigenvalue weighted by atomic mass is 10.2. The number of H-pyrrole nitrogens is 1. The SMILES string of the molecule is CCOc1cc(C=Nn2c(=O)[nH]c3ccccc3c2=O)c(Br)c(Br)c1OCC(=O)Nc1ccccc1C. The third-order valence-corrected chi connectivity index (χ3v) is 7.46. The molecule has 1 aromatic heterocycles. The van der Waals surface area contributed by atoms with E-state index in [1.807, 2.05) is 38.1 Å². The summed E-state index contributed by atoms with van der Waals surface area (Å²) in [6, 6.07) is 15.8. The van der Waals surface area contributed by atoms with E-state index in [9.17, 15) is 14.4 Å². The maximum atomic E-state index is 12.8. The number of fused-ring (bicyclic) bond motifs is 1. The molecule has 4 rings (SSSR count). The van der Waals surface area contributed by atoms with Gasteiger partial charge in [-0.15, -0.1) is 4.68 Å². The van der Waals surface area contributed by atoms with Gasteiger partial charge in [0.05, 0.1) is 28.2 Å². The molecule has 3 aromatic carbocycles. The number of ether oxygens (including phenoxy) is 2. The minimum atomic E-state index is -0.667. The fourth-order valence-electron chi connectivity index (χ4n) is 3.51. The van der Waals surface area contributed by atoms with Crippen LogP contribution in [0.25, 0.3) is 10.9 Å². The van der Waals surface area contributed by atoms with Crippen molar-refractivity contribution >= 4 is 60.6 Å². The van der Waals surface area contributed by atoms with Crippen LogP contribution in [0.15, 0.2) is 78.2 Å². The standard InChI is InChI=1S/C26H22Br2N4O5/c1-3-36-20-12-16(13-29-32-25(34)17-9-5-7-11-19(17)31-26(32)35)22(27)23(28)24(20)37-14-21(33)30-18-10-6-4-8-15(18)2/h4-13H,3,14H2,1-2H3,(H,30,33)(H,31,35). The zero-order chi connectivity index (χ0) is 26.5. The van der Waals surface area contributed by atoms with Crippen LogP contribution in [0.1, 0.15) is 18.1 Å². The molecule has 0 atom stereocenters. The van der Waals surface area contributed by atoms with Crippen molar-refractivity contribution in [1.29, 1.82) is 0 Å². The number of aryl methyl sites for hydroxylation is 1. The number of rotatable bonds is 8. The minimum absolute atomic E-state index is 0.255. The van der Waals surface area contributed by atoms with Gasteiger partial charge in [0.25, 0.3) is 11.5 Å². The molecule has 0 bridgehead atoms. The normalized spacial score (nSPS) is 11.1. The maximum Gasteiger partial charge on any atom is 0.349 e. The number of anilines is 1. The van der Waals surface area contributed by atoms with Crippen molar-refractivity contribution in [2.75, 3.05) is 18.5 Å². The predicted molar refractivity (Wildman–Crippen MR) is 150 cm³/mol. The summed E-state index contributed by atoms with van der Waals surface area (Å²) in [5, 5.41) is 7.27. The third-order valence-electron chi connectivity index (χ3n) is 5.32. The number of benzene rings is 3. The maximum absolute atomic E-state index is 12.8. The Morgan fingerprint density at radius 2 is 1.81 bits per heavy atom. The van der Waals surface area contributed by atoms with Crippen molar-refractivity contribution in [3.05, 3.63) is 95.5 Å². The van der Waals surface area contributed by atoms with Crippen LogP contribution in [0.3, 0.4) is 0 Å². The van der Waals surface area contributed by atoms with Crippen LogP contribution < -0.4 is 26.0 Å². The molecule has 0 radical (unpaired) electrons. The molecule has 37 heavy (non-hydrogen) atoms. The zero-order valence-corrected chi connectivity index (χ0v) is 23.1. The van der Waals surface area contributed by atoms with E-state index >= 15 is 0 Å². The molecule has 11 heteroatoms. The lowest BCUT2D eigenvalue weighted by Gasteiger charge is -2.16. The second kappa shape index (κ2) is 11.6. The molecule has 2 N–H and O–H groups in total. The van der Waals surface area contributed by atoms with Crippen molar-refractivity contribution in [1.82, 2.24) is 9.66 Å². The van der Waals surface area contributed by atoms with E-state index in [1.54, 1.807) is 30.3 Å². The summed E-state index contributed by atoms with van der Waals surface area (Å²) in [6.45, 7) is 3.79. The number of carbonyl (C=O) groups excluding carboxylic acids is 1. The van der Waals surface area contributed by atoms with Gasteiger partial charge in [0, 0.05) is 15.7 Å². The molecule has 1 amide bonds. The smallest absolute Gasteiger partial charge is 0.349 e. The second-order valence-corrected chi connectivity index (χ2v) is 9.43. The monoisotopic (exact) mass is 628 g/mol. The van der Waals surface area contributed by atoms with Gasteiger partial charge in [-0.05, 0) is 75.5 Å². The van der Waals surface area contributed by atoms with E-state index in [1.165, 1.54) is 6.21 Å². The molecule has 0 aliphatic heterocycles. The van der Waals surface area contributed by atoms with Gasteiger partial charge in [0.15, 0.2) is 18.1 Å². The summed E-state index contributed by atoms with van der Waals surface area (Å²) in [5.41, 5.74) is 1.36. The van der Waals surface area contributed by atoms with Crippen LogP contribution in [0.2, 0.25) is 0 Å². The van der Waals surface area contributed by atoms with E-state index in [0.717, 1.165) is 10.2 Å². The van der Waals surface area contributed by atoms with Crippen LogP contribution >= 0.6 is 31.9 Å². The van der Waals surface area contributed by atoms with Crippen molar-refractivity contribution in [3.8, 4) is 11.5 Å². The quantitative estimate of drug-likeness (QED) is 0.271. The van der Waals surface area contributed by atoms with Crippen molar-refractivity contribution in [2.24, 2.45) is 5.10 Å². The van der Waals surface area contributed by atoms with Gasteiger partial charge in [0.2, 0.25) is 0 Å². The molecule has 0 aliphatic rings. The number of hydrogen-bond acceptors (Lipinski definition) is 6. The largest absolute Gasteiger partial charge is 0.490 e. The summed E-state index contributed by atoms with van der Waals surface area (Å²) < 4.78 is 13.3. The number of amides is 1. The molecule has 0 saturated carbocycles. The fourth-order valence-corrected chi connectivity index (χ4v) is 4.45. The number of nitrogens with zero attached hydrogens (tertiary/aromatic N) is 2. The van der Waals surface area contributed by atoms with Crippen molar-refractivity contribution in [2.45, 2.75) is 13.8 Å². The lowest BCUT2D eigenvalue weighted by molar-refractivity contribution is -0.118. The topological polar surface area (TPSA) is 115 Å². The number of para-hydroxylation sites is 2. The molecule has 0 saturated heterocycles. The number of aromatic nitrogens is 2. The van der Waals surface area contributed by atoms with Crippen LogP contribution in [0.4, 0.5) is 5.69 Å². The molecule has 0 fully saturated rings. The average Bonchev–Trinajstić information content (AvgIpc) is 2.88. The van der Waals surface area contributed by atoms with E-state index in [0.29, 0.717) is 49.2 Å². The van der Waals surface area contributed by atoms with Gasteiger partial charge < -0.3 is 19.8 Å². The second-order valence-electron chi connectivity index (χ2n) is 7.84. The summed E-state index contributed by atoms with van der Waals surface area (Å²) in [4.78, 5) is 40.4. The van der Waals surface area contributed by atoms with Gasteiger partial charge in [-0.25, -0.2) is 4.79 Å². The Morgan fingerprint density at radius 1 is 1.08 bits per heavy atom. The van der Waals surface area contributed by atoms with E-state index in [-0.39, 0.29) is 12.5 Å². The van der Waals surface area contributed by atoms with E-state index < -0.39 is 11.2 Å². The first-order valence-electron chi connectivity index (χ1n) is 11.2. The van der Waals surface area contributed by atoms with Crippen LogP contribution in [-0.4, -0.2) is 35.0 Å². The Balaban J connectivity index is 1.62. The molecule has 1 heterocycles. The average molecular weight is 630 g/mol. The highest BCUT2D eigenvalue weighted by molar-refractivity contribution is 9.13. The Labute approximate surface area is 228 Å². The van der Waals surface area contributed by atoms with Crippen molar-refractivity contribution in [3.63, 3.8) is 0 Å². The highest BCUT2D eigenvalue weighted by Crippen LogP contribution is 2.42. The molecule has 0 aliphatic carbocycles. The van der Waals surface area contributed by atoms with E-state index in [2.05, 4.69) is 47.3 Å². The predicted octanol–water partition coefficient (Wildman–Crippen LogP) is 4.82. The molecular weight excluding hydrogens is 608 g/mol. The Hall–Kier alpha value is -3.70. The summed E-state index contributed by atoms with van der Waals surface area (Å²) in [7, 11) is 0. The molecule has 0 unspecified atom stereocenters. The Morgan fingerprint density at radius 3 is 2.57 bits per heavy atom. The van der Waals surface area contributed by atoms with Gasteiger partial charge >= 0.3 is 5.69 Å². The highest BCUT2D eigenvalue weighted by atomic mass is 79.9. The summed E-state index contributed by atoms with van der Waals surface area (Å²) >= 11 is 6.98. The Bertz CT molecular complexity index is 1630. The first-order chi connectivity index (χ1) is 17.8. The number of nitrogens with one attached hydrogen (secondary N) is 2. The van der Waals surface area contributed by atoms with Gasteiger partial charge in [-0.1, -0.05) is 30.3 Å².